The third kappa shape index (κ3) is 2.76. The van der Waals surface area contributed by atoms with Crippen LogP contribution in [0.3, 0.4) is 0 Å². The van der Waals surface area contributed by atoms with Crippen molar-refractivity contribution in [3.8, 4) is 0 Å². The SMILES string of the molecule is O=C(NCCCc1ncc[nH]1)c1cccn1C1CCC1. The van der Waals surface area contributed by atoms with Crippen LogP contribution in [0, 0.1) is 0 Å². The van der Waals surface area contributed by atoms with E-state index in [4.69, 9.17) is 0 Å². The van der Waals surface area contributed by atoms with Gasteiger partial charge in [-0.05, 0) is 37.8 Å². The molecule has 0 spiro atoms. The number of aromatic nitrogens is 3. The summed E-state index contributed by atoms with van der Waals surface area (Å²) in [7, 11) is 0. The summed E-state index contributed by atoms with van der Waals surface area (Å²) in [6.07, 6.45) is 11.0. The molecule has 0 aliphatic heterocycles. The Bertz CT molecular complexity index is 554. The number of hydrogen-bond acceptors (Lipinski definition) is 2. The topological polar surface area (TPSA) is 62.7 Å². The van der Waals surface area contributed by atoms with Crippen LogP contribution in [-0.2, 0) is 6.42 Å². The standard InChI is InChI=1S/C15H20N4O/c20-15(18-8-2-7-14-16-9-10-17-14)13-6-3-11-19(13)12-4-1-5-12/h3,6,9-12H,1-2,4-5,7-8H2,(H,16,17)(H,18,20). The number of carbonyl (C=O) groups is 1. The molecule has 1 fully saturated rings. The number of aryl methyl sites for hydroxylation is 1. The molecule has 0 saturated heterocycles. The highest BCUT2D eigenvalue weighted by Crippen LogP contribution is 2.32. The van der Waals surface area contributed by atoms with Crippen molar-refractivity contribution in [1.29, 1.82) is 0 Å². The number of nitrogens with zero attached hydrogens (tertiary/aromatic N) is 2. The van der Waals surface area contributed by atoms with Gasteiger partial charge in [0, 0.05) is 37.6 Å². The lowest BCUT2D eigenvalue weighted by atomic mass is 9.93. The fourth-order valence-electron chi connectivity index (χ4n) is 2.55. The lowest BCUT2D eigenvalue weighted by Gasteiger charge is -2.28. The second-order valence-electron chi connectivity index (χ2n) is 5.28. The molecule has 0 atom stereocenters. The van der Waals surface area contributed by atoms with Gasteiger partial charge in [-0.25, -0.2) is 4.98 Å². The smallest absolute Gasteiger partial charge is 0.267 e. The van der Waals surface area contributed by atoms with Gasteiger partial charge in [-0.1, -0.05) is 0 Å². The minimum atomic E-state index is 0.0290. The normalized spacial score (nSPS) is 15.0. The lowest BCUT2D eigenvalue weighted by molar-refractivity contribution is 0.0938. The summed E-state index contributed by atoms with van der Waals surface area (Å²) < 4.78 is 2.12. The van der Waals surface area contributed by atoms with E-state index in [1.165, 1.54) is 19.3 Å². The van der Waals surface area contributed by atoms with Crippen LogP contribution < -0.4 is 5.32 Å². The van der Waals surface area contributed by atoms with Crippen molar-refractivity contribution >= 4 is 5.91 Å². The number of amides is 1. The fraction of sp³-hybridized carbons (Fsp3) is 0.467. The molecule has 20 heavy (non-hydrogen) atoms. The first kappa shape index (κ1) is 13.0. The molecule has 0 unspecified atom stereocenters. The Morgan fingerprint density at radius 2 is 2.40 bits per heavy atom. The molecule has 5 heteroatoms. The van der Waals surface area contributed by atoms with Gasteiger partial charge in [0.1, 0.15) is 11.5 Å². The molecule has 106 valence electrons. The molecule has 5 nitrogen and oxygen atoms in total. The van der Waals surface area contributed by atoms with Gasteiger partial charge in [-0.15, -0.1) is 0 Å². The Kier molecular flexibility index (Phi) is 3.85. The largest absolute Gasteiger partial charge is 0.351 e. The molecule has 2 heterocycles. The molecule has 2 aromatic heterocycles. The third-order valence-electron chi connectivity index (χ3n) is 3.91. The quantitative estimate of drug-likeness (QED) is 0.793. The molecule has 1 amide bonds. The van der Waals surface area contributed by atoms with Crippen LogP contribution in [0.15, 0.2) is 30.7 Å². The highest BCUT2D eigenvalue weighted by Gasteiger charge is 2.22. The van der Waals surface area contributed by atoms with Gasteiger partial charge in [-0.2, -0.15) is 0 Å². The van der Waals surface area contributed by atoms with E-state index in [9.17, 15) is 4.79 Å². The number of carbonyl (C=O) groups excluding carboxylic acids is 1. The summed E-state index contributed by atoms with van der Waals surface area (Å²) in [5.41, 5.74) is 0.785. The van der Waals surface area contributed by atoms with Crippen molar-refractivity contribution < 1.29 is 4.79 Å². The number of aromatic amines is 1. The van der Waals surface area contributed by atoms with Crippen LogP contribution in [0.25, 0.3) is 0 Å². The van der Waals surface area contributed by atoms with Crippen molar-refractivity contribution in [3.05, 3.63) is 42.2 Å². The molecule has 1 saturated carbocycles. The predicted molar refractivity (Wildman–Crippen MR) is 76.6 cm³/mol. The van der Waals surface area contributed by atoms with E-state index < -0.39 is 0 Å². The average molecular weight is 272 g/mol. The van der Waals surface area contributed by atoms with E-state index in [0.717, 1.165) is 24.4 Å². The summed E-state index contributed by atoms with van der Waals surface area (Å²) in [4.78, 5) is 19.4. The molecule has 1 aliphatic carbocycles. The summed E-state index contributed by atoms with van der Waals surface area (Å²) in [6.45, 7) is 0.676. The van der Waals surface area contributed by atoms with Crippen molar-refractivity contribution in [2.75, 3.05) is 6.54 Å². The van der Waals surface area contributed by atoms with Gasteiger partial charge in [0.15, 0.2) is 0 Å². The Morgan fingerprint density at radius 3 is 3.10 bits per heavy atom. The van der Waals surface area contributed by atoms with E-state index in [1.807, 2.05) is 24.5 Å². The van der Waals surface area contributed by atoms with Gasteiger partial charge in [-0.3, -0.25) is 4.79 Å². The molecule has 0 aromatic carbocycles. The molecule has 0 bridgehead atoms. The number of H-pyrrole nitrogens is 1. The fourth-order valence-corrected chi connectivity index (χ4v) is 2.55. The highest BCUT2D eigenvalue weighted by atomic mass is 16.1. The van der Waals surface area contributed by atoms with E-state index in [-0.39, 0.29) is 5.91 Å². The molecule has 1 aliphatic rings. The second-order valence-corrected chi connectivity index (χ2v) is 5.28. The minimum absolute atomic E-state index is 0.0290. The van der Waals surface area contributed by atoms with Crippen LogP contribution in [-0.4, -0.2) is 27.0 Å². The van der Waals surface area contributed by atoms with E-state index in [0.29, 0.717) is 12.6 Å². The molecule has 2 N–H and O–H groups in total. The molecular weight excluding hydrogens is 252 g/mol. The van der Waals surface area contributed by atoms with Gasteiger partial charge in [0.2, 0.25) is 0 Å². The first-order valence-electron chi connectivity index (χ1n) is 7.28. The van der Waals surface area contributed by atoms with Gasteiger partial charge in [0.05, 0.1) is 0 Å². The Hall–Kier alpha value is -2.04. The third-order valence-corrected chi connectivity index (χ3v) is 3.91. The summed E-state index contributed by atoms with van der Waals surface area (Å²) in [6, 6.07) is 4.38. The zero-order valence-electron chi connectivity index (χ0n) is 11.5. The first-order chi connectivity index (χ1) is 9.84. The zero-order chi connectivity index (χ0) is 13.8. The van der Waals surface area contributed by atoms with Gasteiger partial charge < -0.3 is 14.9 Å². The number of imidazole rings is 1. The van der Waals surface area contributed by atoms with E-state index >= 15 is 0 Å². The van der Waals surface area contributed by atoms with Crippen LogP contribution in [0.2, 0.25) is 0 Å². The predicted octanol–water partition coefficient (Wildman–Crippen LogP) is 2.30. The first-order valence-corrected chi connectivity index (χ1v) is 7.28. The number of hydrogen-bond donors (Lipinski definition) is 2. The summed E-state index contributed by atoms with van der Waals surface area (Å²) in [5, 5.41) is 2.99. The van der Waals surface area contributed by atoms with Gasteiger partial charge in [0.25, 0.3) is 5.91 Å². The molecular formula is C15H20N4O. The van der Waals surface area contributed by atoms with Gasteiger partial charge >= 0.3 is 0 Å². The monoisotopic (exact) mass is 272 g/mol. The van der Waals surface area contributed by atoms with Crippen molar-refractivity contribution in [3.63, 3.8) is 0 Å². The number of rotatable bonds is 6. The van der Waals surface area contributed by atoms with Crippen LogP contribution in [0.1, 0.15) is 48.0 Å². The molecule has 2 aromatic rings. The summed E-state index contributed by atoms with van der Waals surface area (Å²) >= 11 is 0. The maximum atomic E-state index is 12.2. The maximum absolute atomic E-state index is 12.2. The molecule has 3 rings (SSSR count). The van der Waals surface area contributed by atoms with Crippen LogP contribution in [0.5, 0.6) is 0 Å². The average Bonchev–Trinajstić information content (AvgIpc) is 3.03. The Morgan fingerprint density at radius 1 is 1.50 bits per heavy atom. The van der Waals surface area contributed by atoms with E-state index in [2.05, 4.69) is 19.9 Å². The van der Waals surface area contributed by atoms with Crippen LogP contribution in [0.4, 0.5) is 0 Å². The second kappa shape index (κ2) is 5.94. The Balaban J connectivity index is 1.48. The lowest BCUT2D eigenvalue weighted by Crippen LogP contribution is -2.29. The van der Waals surface area contributed by atoms with Crippen molar-refractivity contribution in [2.24, 2.45) is 0 Å². The highest BCUT2D eigenvalue weighted by molar-refractivity contribution is 5.92. The van der Waals surface area contributed by atoms with Crippen molar-refractivity contribution in [2.45, 2.75) is 38.1 Å². The number of nitrogens with one attached hydrogen (secondary N) is 2. The van der Waals surface area contributed by atoms with Crippen molar-refractivity contribution in [1.82, 2.24) is 19.9 Å². The van der Waals surface area contributed by atoms with E-state index in [1.54, 1.807) is 6.20 Å². The molecule has 0 radical (unpaired) electrons. The van der Waals surface area contributed by atoms with Crippen LogP contribution >= 0.6 is 0 Å². The summed E-state index contributed by atoms with van der Waals surface area (Å²) in [5.74, 6) is 0.999. The zero-order valence-corrected chi connectivity index (χ0v) is 11.5. The minimum Gasteiger partial charge on any atom is -0.351 e. The Labute approximate surface area is 118 Å². The maximum Gasteiger partial charge on any atom is 0.267 e.